The van der Waals surface area contributed by atoms with Crippen molar-refractivity contribution < 1.29 is 9.90 Å². The third-order valence-corrected chi connectivity index (χ3v) is 2.17. The largest absolute Gasteiger partial charge is 0.480 e. The van der Waals surface area contributed by atoms with Gasteiger partial charge in [0.1, 0.15) is 6.54 Å². The van der Waals surface area contributed by atoms with Gasteiger partial charge >= 0.3 is 5.97 Å². The Kier molecular flexibility index (Phi) is 4.22. The maximum atomic E-state index is 10.8. The van der Waals surface area contributed by atoms with Crippen LogP contribution < -0.4 is 4.90 Å². The zero-order chi connectivity index (χ0) is 12.1. The summed E-state index contributed by atoms with van der Waals surface area (Å²) < 4.78 is 0. The number of aryl methyl sites for hydroxylation is 2. The fraction of sp³-hybridized carbons (Fsp3) is 0.545. The standard InChI is InChI=1S/C11H17N3O2/c1-4-5-14(7-10(15)16)11-9(3)12-6-8(2)13-11/h6H,4-5,7H2,1-3H3,(H,15,16). The summed E-state index contributed by atoms with van der Waals surface area (Å²) >= 11 is 0. The summed E-state index contributed by atoms with van der Waals surface area (Å²) in [5, 5.41) is 8.84. The molecule has 0 aliphatic heterocycles. The van der Waals surface area contributed by atoms with Crippen LogP contribution in [0.2, 0.25) is 0 Å². The van der Waals surface area contributed by atoms with E-state index < -0.39 is 5.97 Å². The van der Waals surface area contributed by atoms with Crippen molar-refractivity contribution in [3.8, 4) is 0 Å². The van der Waals surface area contributed by atoms with E-state index in [1.807, 2.05) is 20.8 Å². The molecule has 0 radical (unpaired) electrons. The van der Waals surface area contributed by atoms with Crippen LogP contribution in [-0.2, 0) is 4.79 Å². The smallest absolute Gasteiger partial charge is 0.323 e. The molecule has 0 saturated carbocycles. The van der Waals surface area contributed by atoms with Crippen LogP contribution >= 0.6 is 0 Å². The first kappa shape index (κ1) is 12.4. The van der Waals surface area contributed by atoms with E-state index in [1.54, 1.807) is 11.1 Å². The Hall–Kier alpha value is -1.65. The van der Waals surface area contributed by atoms with Gasteiger partial charge < -0.3 is 10.0 Å². The first-order chi connectivity index (χ1) is 7.54. The predicted molar refractivity (Wildman–Crippen MR) is 61.6 cm³/mol. The lowest BCUT2D eigenvalue weighted by atomic mass is 10.3. The van der Waals surface area contributed by atoms with Gasteiger partial charge in [-0.05, 0) is 20.3 Å². The van der Waals surface area contributed by atoms with E-state index in [1.165, 1.54) is 0 Å². The Morgan fingerprint density at radius 3 is 2.75 bits per heavy atom. The summed E-state index contributed by atoms with van der Waals surface area (Å²) in [5.41, 5.74) is 1.56. The van der Waals surface area contributed by atoms with E-state index in [4.69, 9.17) is 5.11 Å². The average Bonchev–Trinajstić information content (AvgIpc) is 2.20. The Balaban J connectivity index is 2.99. The summed E-state index contributed by atoms with van der Waals surface area (Å²) in [7, 11) is 0. The lowest BCUT2D eigenvalue weighted by molar-refractivity contribution is -0.135. The fourth-order valence-corrected chi connectivity index (χ4v) is 1.52. The molecule has 0 bridgehead atoms. The van der Waals surface area contributed by atoms with Gasteiger partial charge in [-0.1, -0.05) is 6.92 Å². The van der Waals surface area contributed by atoms with Gasteiger partial charge in [0.2, 0.25) is 0 Å². The van der Waals surface area contributed by atoms with Crippen molar-refractivity contribution in [3.05, 3.63) is 17.6 Å². The third-order valence-electron chi connectivity index (χ3n) is 2.17. The number of hydrogen-bond donors (Lipinski definition) is 1. The van der Waals surface area contributed by atoms with E-state index in [0.29, 0.717) is 12.4 Å². The first-order valence-corrected chi connectivity index (χ1v) is 5.31. The van der Waals surface area contributed by atoms with Crippen LogP contribution in [0.4, 0.5) is 5.82 Å². The molecule has 1 heterocycles. The van der Waals surface area contributed by atoms with Gasteiger partial charge in [-0.15, -0.1) is 0 Å². The molecule has 0 unspecified atom stereocenters. The number of nitrogens with zero attached hydrogens (tertiary/aromatic N) is 3. The van der Waals surface area contributed by atoms with E-state index in [2.05, 4.69) is 9.97 Å². The summed E-state index contributed by atoms with van der Waals surface area (Å²) in [6.45, 7) is 6.33. The average molecular weight is 223 g/mol. The molecule has 0 fully saturated rings. The normalized spacial score (nSPS) is 10.2. The van der Waals surface area contributed by atoms with Gasteiger partial charge in [-0.2, -0.15) is 0 Å². The second-order valence-electron chi connectivity index (χ2n) is 3.74. The highest BCUT2D eigenvalue weighted by Gasteiger charge is 2.14. The molecule has 88 valence electrons. The molecule has 0 amide bonds. The topological polar surface area (TPSA) is 66.3 Å². The summed E-state index contributed by atoms with van der Waals surface area (Å²) in [5.74, 6) is -0.180. The van der Waals surface area contributed by atoms with Crippen molar-refractivity contribution in [1.82, 2.24) is 9.97 Å². The van der Waals surface area contributed by atoms with Crippen molar-refractivity contribution in [3.63, 3.8) is 0 Å². The number of aliphatic carboxylic acids is 1. The van der Waals surface area contributed by atoms with Crippen LogP contribution in [0.3, 0.4) is 0 Å². The number of aromatic nitrogens is 2. The van der Waals surface area contributed by atoms with E-state index in [0.717, 1.165) is 17.8 Å². The van der Waals surface area contributed by atoms with Gasteiger partial charge in [0.25, 0.3) is 0 Å². The van der Waals surface area contributed by atoms with Crippen molar-refractivity contribution in [1.29, 1.82) is 0 Å². The quantitative estimate of drug-likeness (QED) is 0.817. The second-order valence-corrected chi connectivity index (χ2v) is 3.74. The number of anilines is 1. The minimum Gasteiger partial charge on any atom is -0.480 e. The first-order valence-electron chi connectivity index (χ1n) is 5.31. The number of carbonyl (C=O) groups is 1. The maximum absolute atomic E-state index is 10.8. The van der Waals surface area contributed by atoms with Gasteiger partial charge in [0.15, 0.2) is 5.82 Å². The highest BCUT2D eigenvalue weighted by molar-refractivity contribution is 5.73. The molecule has 5 heteroatoms. The predicted octanol–water partition coefficient (Wildman–Crippen LogP) is 1.39. The molecule has 1 aromatic rings. The molecule has 0 spiro atoms. The van der Waals surface area contributed by atoms with Crippen LogP contribution in [0.25, 0.3) is 0 Å². The lowest BCUT2D eigenvalue weighted by Gasteiger charge is -2.22. The van der Waals surface area contributed by atoms with Crippen molar-refractivity contribution in [2.75, 3.05) is 18.0 Å². The molecule has 0 atom stereocenters. The molecular weight excluding hydrogens is 206 g/mol. The van der Waals surface area contributed by atoms with Gasteiger partial charge in [0, 0.05) is 12.7 Å². The number of carboxylic acids is 1. The maximum Gasteiger partial charge on any atom is 0.323 e. The summed E-state index contributed by atoms with van der Waals surface area (Å²) in [6, 6.07) is 0. The van der Waals surface area contributed by atoms with Crippen LogP contribution in [0.15, 0.2) is 6.20 Å². The van der Waals surface area contributed by atoms with Crippen LogP contribution in [0.5, 0.6) is 0 Å². The number of hydrogen-bond acceptors (Lipinski definition) is 4. The number of rotatable bonds is 5. The zero-order valence-corrected chi connectivity index (χ0v) is 9.90. The second kappa shape index (κ2) is 5.44. The molecule has 0 aliphatic carbocycles. The third kappa shape index (κ3) is 3.18. The molecule has 1 aromatic heterocycles. The van der Waals surface area contributed by atoms with Gasteiger partial charge in [-0.3, -0.25) is 9.78 Å². The molecule has 1 rings (SSSR count). The SMILES string of the molecule is CCCN(CC(=O)O)c1nc(C)cnc1C. The van der Waals surface area contributed by atoms with E-state index >= 15 is 0 Å². The molecule has 1 N–H and O–H groups in total. The zero-order valence-electron chi connectivity index (χ0n) is 9.90. The minimum absolute atomic E-state index is 0.0349. The Labute approximate surface area is 95.1 Å². The highest BCUT2D eigenvalue weighted by atomic mass is 16.4. The van der Waals surface area contributed by atoms with E-state index in [9.17, 15) is 4.79 Å². The lowest BCUT2D eigenvalue weighted by Crippen LogP contribution is -2.32. The Bertz CT molecular complexity index is 379. The van der Waals surface area contributed by atoms with Crippen molar-refractivity contribution in [2.45, 2.75) is 27.2 Å². The van der Waals surface area contributed by atoms with Crippen molar-refractivity contribution >= 4 is 11.8 Å². The van der Waals surface area contributed by atoms with E-state index in [-0.39, 0.29) is 6.54 Å². The summed E-state index contributed by atoms with van der Waals surface area (Å²) in [4.78, 5) is 21.0. The van der Waals surface area contributed by atoms with Crippen LogP contribution in [0, 0.1) is 13.8 Å². The van der Waals surface area contributed by atoms with Crippen molar-refractivity contribution in [2.24, 2.45) is 0 Å². The molecule has 0 aromatic carbocycles. The molecule has 0 saturated heterocycles. The minimum atomic E-state index is -0.851. The van der Waals surface area contributed by atoms with Gasteiger partial charge in [0.05, 0.1) is 11.4 Å². The van der Waals surface area contributed by atoms with Crippen LogP contribution in [0.1, 0.15) is 24.7 Å². The fourth-order valence-electron chi connectivity index (χ4n) is 1.52. The number of carboxylic acid groups (broad SMARTS) is 1. The Morgan fingerprint density at radius 2 is 2.19 bits per heavy atom. The van der Waals surface area contributed by atoms with Crippen LogP contribution in [-0.4, -0.2) is 34.1 Å². The highest BCUT2D eigenvalue weighted by Crippen LogP contribution is 2.15. The van der Waals surface area contributed by atoms with Gasteiger partial charge in [-0.25, -0.2) is 4.98 Å². The molecule has 5 nitrogen and oxygen atoms in total. The Morgan fingerprint density at radius 1 is 1.50 bits per heavy atom. The molecule has 0 aliphatic rings. The summed E-state index contributed by atoms with van der Waals surface area (Å²) in [6.07, 6.45) is 2.56. The molecule has 16 heavy (non-hydrogen) atoms. The monoisotopic (exact) mass is 223 g/mol. The molecular formula is C11H17N3O2.